The SMILES string of the molecule is C[C@H](O)[C@@H]1CC[C@]2(C(=O)O)CC[C@]3(C)C(CCC4[C@@]5(C)CC[C@@H](OC(=O)NC6CC6)C(C)(C)C5CC[C@]43C)C12. The molecule has 11 atom stereocenters. The van der Waals surface area contributed by atoms with Crippen LogP contribution in [0.25, 0.3) is 0 Å². The average Bonchev–Trinajstić information content (AvgIpc) is 3.56. The van der Waals surface area contributed by atoms with Crippen molar-refractivity contribution in [1.29, 1.82) is 0 Å². The third-order valence-electron chi connectivity index (χ3n) is 14.6. The van der Waals surface area contributed by atoms with E-state index in [0.29, 0.717) is 23.8 Å². The van der Waals surface area contributed by atoms with Gasteiger partial charge in [-0.05, 0) is 130 Å². The number of carbonyl (C=O) groups is 2. The van der Waals surface area contributed by atoms with E-state index in [9.17, 15) is 19.8 Å². The number of ether oxygens (including phenoxy) is 1. The number of hydrogen-bond donors (Lipinski definition) is 3. The summed E-state index contributed by atoms with van der Waals surface area (Å²) in [4.78, 5) is 25.4. The summed E-state index contributed by atoms with van der Waals surface area (Å²) in [7, 11) is 0. The molecule has 6 nitrogen and oxygen atoms in total. The van der Waals surface area contributed by atoms with Crippen LogP contribution in [0.15, 0.2) is 0 Å². The van der Waals surface area contributed by atoms with Crippen LogP contribution in [0.3, 0.4) is 0 Å². The van der Waals surface area contributed by atoms with Gasteiger partial charge in [-0.1, -0.05) is 34.6 Å². The van der Waals surface area contributed by atoms with Crippen molar-refractivity contribution in [3.05, 3.63) is 0 Å². The zero-order chi connectivity index (χ0) is 28.2. The maximum absolute atomic E-state index is 12.8. The Bertz CT molecular complexity index is 1020. The Hall–Kier alpha value is -1.30. The van der Waals surface area contributed by atoms with E-state index in [4.69, 9.17) is 4.74 Å². The predicted octanol–water partition coefficient (Wildman–Crippen LogP) is 6.79. The topological polar surface area (TPSA) is 95.9 Å². The standard InChI is InChI=1S/C33H53NO5/c1-19(35)21-11-16-33(27(36)37)18-17-31(5)22(26(21)33)9-10-24-30(4)14-13-25(39-28(38)34-20-7-8-20)29(2,3)23(30)12-15-32(24,31)6/h19-26,35H,7-18H2,1-6H3,(H,34,38)(H,36,37)/t19-,21-,22?,23?,24?,25+,26?,30-,31+,32+,33-/m0/s1. The first kappa shape index (κ1) is 27.8. The van der Waals surface area contributed by atoms with Gasteiger partial charge in [-0.3, -0.25) is 4.79 Å². The van der Waals surface area contributed by atoms with Crippen LogP contribution in [0.2, 0.25) is 0 Å². The molecule has 3 N–H and O–H groups in total. The van der Waals surface area contributed by atoms with Crippen LogP contribution in [0, 0.1) is 56.7 Å². The molecule has 220 valence electrons. The zero-order valence-corrected chi connectivity index (χ0v) is 25.2. The first-order valence-corrected chi connectivity index (χ1v) is 16.1. The Morgan fingerprint density at radius 3 is 2.18 bits per heavy atom. The van der Waals surface area contributed by atoms with E-state index in [1.54, 1.807) is 0 Å². The van der Waals surface area contributed by atoms with Crippen LogP contribution in [0.1, 0.15) is 119 Å². The van der Waals surface area contributed by atoms with Crippen molar-refractivity contribution in [2.24, 2.45) is 56.7 Å². The molecule has 1 amide bonds. The number of fused-ring (bicyclic) bond motifs is 7. The van der Waals surface area contributed by atoms with E-state index < -0.39 is 17.5 Å². The van der Waals surface area contributed by atoms with E-state index in [0.717, 1.165) is 77.0 Å². The van der Waals surface area contributed by atoms with Crippen LogP contribution in [0.4, 0.5) is 4.79 Å². The molecule has 0 radical (unpaired) electrons. The van der Waals surface area contributed by atoms with Crippen LogP contribution in [-0.2, 0) is 9.53 Å². The monoisotopic (exact) mass is 543 g/mol. The Kier molecular flexibility index (Phi) is 6.32. The molecule has 0 bridgehead atoms. The molecule has 6 aliphatic carbocycles. The summed E-state index contributed by atoms with van der Waals surface area (Å²) in [5.74, 6) is 0.966. The molecule has 0 heterocycles. The molecular formula is C33H53NO5. The number of aliphatic hydroxyl groups is 1. The molecular weight excluding hydrogens is 490 g/mol. The smallest absolute Gasteiger partial charge is 0.407 e. The lowest BCUT2D eigenvalue weighted by Gasteiger charge is -2.72. The Morgan fingerprint density at radius 1 is 0.821 bits per heavy atom. The number of carbonyl (C=O) groups excluding carboxylic acids is 1. The molecule has 0 saturated heterocycles. The van der Waals surface area contributed by atoms with E-state index >= 15 is 0 Å². The van der Waals surface area contributed by atoms with Crippen LogP contribution < -0.4 is 5.32 Å². The molecule has 6 rings (SSSR count). The second kappa shape index (κ2) is 8.85. The first-order valence-electron chi connectivity index (χ1n) is 16.1. The molecule has 0 spiro atoms. The Balaban J connectivity index is 1.29. The van der Waals surface area contributed by atoms with Crippen molar-refractivity contribution in [3.8, 4) is 0 Å². The molecule has 39 heavy (non-hydrogen) atoms. The summed E-state index contributed by atoms with van der Waals surface area (Å²) >= 11 is 0. The number of rotatable bonds is 4. The molecule has 0 aromatic rings. The summed E-state index contributed by atoms with van der Waals surface area (Å²) in [6.07, 6.45) is 11.2. The summed E-state index contributed by atoms with van der Waals surface area (Å²) < 4.78 is 6.10. The lowest BCUT2D eigenvalue weighted by Crippen LogP contribution is -2.67. The minimum Gasteiger partial charge on any atom is -0.481 e. The fraction of sp³-hybridized carbons (Fsp3) is 0.939. The number of carboxylic acids is 1. The van der Waals surface area contributed by atoms with Gasteiger partial charge in [0, 0.05) is 11.5 Å². The van der Waals surface area contributed by atoms with Gasteiger partial charge in [0.05, 0.1) is 11.5 Å². The summed E-state index contributed by atoms with van der Waals surface area (Å²) in [6.45, 7) is 14.2. The highest BCUT2D eigenvalue weighted by Gasteiger charge is 2.72. The second-order valence-corrected chi connectivity index (χ2v) is 16.3. The highest BCUT2D eigenvalue weighted by molar-refractivity contribution is 5.76. The number of hydrogen-bond acceptors (Lipinski definition) is 4. The van der Waals surface area contributed by atoms with Crippen LogP contribution in [0.5, 0.6) is 0 Å². The summed E-state index contributed by atoms with van der Waals surface area (Å²) in [5.41, 5.74) is -0.342. The van der Waals surface area contributed by atoms with E-state index in [2.05, 4.69) is 39.9 Å². The minimum atomic E-state index is -0.658. The maximum atomic E-state index is 12.8. The lowest BCUT2D eigenvalue weighted by molar-refractivity contribution is -0.250. The van der Waals surface area contributed by atoms with Gasteiger partial charge in [0.2, 0.25) is 0 Å². The normalized spacial score (nSPS) is 50.9. The maximum Gasteiger partial charge on any atom is 0.407 e. The Labute approximate surface area is 235 Å². The van der Waals surface area contributed by atoms with Gasteiger partial charge in [-0.15, -0.1) is 0 Å². The molecule has 4 unspecified atom stereocenters. The van der Waals surface area contributed by atoms with Gasteiger partial charge in [-0.2, -0.15) is 0 Å². The number of carboxylic acid groups (broad SMARTS) is 1. The highest BCUT2D eigenvalue weighted by Crippen LogP contribution is 2.77. The Morgan fingerprint density at radius 2 is 1.54 bits per heavy atom. The molecule has 0 aliphatic heterocycles. The number of aliphatic carboxylic acids is 1. The number of amides is 1. The quantitative estimate of drug-likeness (QED) is 0.363. The van der Waals surface area contributed by atoms with Crippen LogP contribution >= 0.6 is 0 Å². The molecule has 0 aromatic heterocycles. The van der Waals surface area contributed by atoms with Crippen molar-refractivity contribution in [2.45, 2.75) is 137 Å². The van der Waals surface area contributed by atoms with Gasteiger partial charge in [0.1, 0.15) is 6.10 Å². The molecule has 6 heteroatoms. The third-order valence-corrected chi connectivity index (χ3v) is 14.6. The van der Waals surface area contributed by atoms with Gasteiger partial charge in [0.25, 0.3) is 0 Å². The van der Waals surface area contributed by atoms with Crippen molar-refractivity contribution in [2.75, 3.05) is 0 Å². The molecule has 6 saturated carbocycles. The number of aliphatic hydroxyl groups excluding tert-OH is 1. The van der Waals surface area contributed by atoms with Crippen molar-refractivity contribution < 1.29 is 24.5 Å². The van der Waals surface area contributed by atoms with Crippen molar-refractivity contribution in [1.82, 2.24) is 5.32 Å². The highest BCUT2D eigenvalue weighted by atomic mass is 16.6. The summed E-state index contributed by atoms with van der Waals surface area (Å²) in [6, 6.07) is 0.310. The predicted molar refractivity (Wildman–Crippen MR) is 150 cm³/mol. The third kappa shape index (κ3) is 3.74. The second-order valence-electron chi connectivity index (χ2n) is 16.3. The fourth-order valence-corrected chi connectivity index (χ4v) is 12.3. The largest absolute Gasteiger partial charge is 0.481 e. The van der Waals surface area contributed by atoms with Gasteiger partial charge in [-0.25, -0.2) is 4.79 Å². The van der Waals surface area contributed by atoms with E-state index in [1.807, 2.05) is 6.92 Å². The van der Waals surface area contributed by atoms with Gasteiger partial charge in [0.15, 0.2) is 0 Å². The molecule has 6 fully saturated rings. The average molecular weight is 544 g/mol. The van der Waals surface area contributed by atoms with E-state index in [1.165, 1.54) is 0 Å². The van der Waals surface area contributed by atoms with Crippen molar-refractivity contribution >= 4 is 12.1 Å². The lowest BCUT2D eigenvalue weighted by atomic mass is 9.32. The van der Waals surface area contributed by atoms with Gasteiger partial charge < -0.3 is 20.3 Å². The van der Waals surface area contributed by atoms with Gasteiger partial charge >= 0.3 is 12.1 Å². The molecule has 6 aliphatic rings. The summed E-state index contributed by atoms with van der Waals surface area (Å²) in [5, 5.41) is 24.4. The van der Waals surface area contributed by atoms with E-state index in [-0.39, 0.29) is 45.7 Å². The number of alkyl carbamates (subject to hydrolysis) is 1. The van der Waals surface area contributed by atoms with Crippen LogP contribution in [-0.4, -0.2) is 40.5 Å². The zero-order valence-electron chi connectivity index (χ0n) is 25.2. The minimum absolute atomic E-state index is 0.0539. The van der Waals surface area contributed by atoms with Crippen molar-refractivity contribution in [3.63, 3.8) is 0 Å². The fourth-order valence-electron chi connectivity index (χ4n) is 12.3. The number of nitrogens with one attached hydrogen (secondary N) is 1. The molecule has 0 aromatic carbocycles. The first-order chi connectivity index (χ1) is 18.2.